The third kappa shape index (κ3) is 4.88. The highest BCUT2D eigenvalue weighted by Crippen LogP contribution is 2.25. The first-order chi connectivity index (χ1) is 12.0. The van der Waals surface area contributed by atoms with Crippen LogP contribution in [0.25, 0.3) is 0 Å². The van der Waals surface area contributed by atoms with E-state index < -0.39 is 0 Å². The Bertz CT molecular complexity index is 566. The quantitative estimate of drug-likeness (QED) is 0.880. The maximum Gasteiger partial charge on any atom is 0.319 e. The molecule has 0 saturated carbocycles. The number of rotatable bonds is 4. The van der Waals surface area contributed by atoms with E-state index in [9.17, 15) is 4.79 Å². The minimum Gasteiger partial charge on any atom is -0.371 e. The molecule has 2 saturated heterocycles. The summed E-state index contributed by atoms with van der Waals surface area (Å²) >= 11 is 0. The van der Waals surface area contributed by atoms with Crippen LogP contribution in [-0.4, -0.2) is 50.2 Å². The van der Waals surface area contributed by atoms with Crippen molar-refractivity contribution in [2.45, 2.75) is 39.2 Å². The first-order valence-electron chi connectivity index (χ1n) is 9.62. The Morgan fingerprint density at radius 2 is 1.80 bits per heavy atom. The molecule has 1 aromatic rings. The van der Waals surface area contributed by atoms with Crippen molar-refractivity contribution in [3.05, 3.63) is 24.3 Å². The third-order valence-electron chi connectivity index (χ3n) is 5.74. The summed E-state index contributed by atoms with van der Waals surface area (Å²) in [6.07, 6.45) is 3.57. The molecule has 2 heterocycles. The number of likely N-dealkylation sites (tertiary alicyclic amines) is 1. The molecule has 5 nitrogen and oxygen atoms in total. The number of nitrogens with zero attached hydrogens (tertiary/aromatic N) is 2. The number of urea groups is 1. The van der Waals surface area contributed by atoms with Crippen molar-refractivity contribution in [1.29, 1.82) is 0 Å². The maximum atomic E-state index is 12.3. The van der Waals surface area contributed by atoms with Crippen LogP contribution < -0.4 is 15.5 Å². The highest BCUT2D eigenvalue weighted by atomic mass is 16.2. The van der Waals surface area contributed by atoms with E-state index in [4.69, 9.17) is 0 Å². The summed E-state index contributed by atoms with van der Waals surface area (Å²) in [5, 5.41) is 6.08. The summed E-state index contributed by atoms with van der Waals surface area (Å²) in [5.74, 6) is 1.34. The van der Waals surface area contributed by atoms with Crippen LogP contribution in [0, 0.1) is 11.8 Å². The monoisotopic (exact) mass is 344 g/mol. The number of carbonyl (C=O) groups is 1. The Morgan fingerprint density at radius 1 is 1.12 bits per heavy atom. The van der Waals surface area contributed by atoms with Crippen LogP contribution in [-0.2, 0) is 0 Å². The largest absolute Gasteiger partial charge is 0.371 e. The molecule has 2 unspecified atom stereocenters. The normalized spacial score (nSPS) is 23.5. The molecular weight excluding hydrogens is 312 g/mol. The van der Waals surface area contributed by atoms with E-state index in [1.54, 1.807) is 0 Å². The van der Waals surface area contributed by atoms with E-state index in [0.717, 1.165) is 50.6 Å². The fourth-order valence-corrected chi connectivity index (χ4v) is 3.95. The summed E-state index contributed by atoms with van der Waals surface area (Å²) in [4.78, 5) is 17.0. The number of amides is 2. The minimum atomic E-state index is -0.103. The molecule has 2 fully saturated rings. The summed E-state index contributed by atoms with van der Waals surface area (Å²) in [6, 6.07) is 8.31. The smallest absolute Gasteiger partial charge is 0.319 e. The Hall–Kier alpha value is -1.75. The summed E-state index contributed by atoms with van der Waals surface area (Å²) < 4.78 is 0. The molecule has 0 bridgehead atoms. The number of nitrogens with one attached hydrogen (secondary N) is 2. The second kappa shape index (κ2) is 8.09. The molecule has 138 valence electrons. The van der Waals surface area contributed by atoms with Crippen LogP contribution in [0.2, 0.25) is 0 Å². The molecule has 2 aliphatic rings. The lowest BCUT2D eigenvalue weighted by molar-refractivity contribution is 0.189. The molecule has 0 spiro atoms. The Balaban J connectivity index is 1.47. The van der Waals surface area contributed by atoms with E-state index in [2.05, 4.69) is 53.5 Å². The Kier molecular flexibility index (Phi) is 5.84. The third-order valence-corrected chi connectivity index (χ3v) is 5.74. The van der Waals surface area contributed by atoms with Crippen LogP contribution in [0.1, 0.15) is 33.1 Å². The lowest BCUT2D eigenvalue weighted by Gasteiger charge is -2.33. The van der Waals surface area contributed by atoms with Gasteiger partial charge in [0.05, 0.1) is 0 Å². The molecule has 0 radical (unpaired) electrons. The molecule has 0 aromatic heterocycles. The van der Waals surface area contributed by atoms with E-state index in [-0.39, 0.29) is 12.1 Å². The first kappa shape index (κ1) is 18.1. The van der Waals surface area contributed by atoms with Gasteiger partial charge >= 0.3 is 6.03 Å². The zero-order valence-corrected chi connectivity index (χ0v) is 15.8. The molecule has 3 rings (SSSR count). The van der Waals surface area contributed by atoms with E-state index in [0.29, 0.717) is 5.92 Å². The molecule has 2 aliphatic heterocycles. The number of anilines is 2. The van der Waals surface area contributed by atoms with Gasteiger partial charge in [-0.05, 0) is 82.4 Å². The summed E-state index contributed by atoms with van der Waals surface area (Å²) in [7, 11) is 2.16. The first-order valence-corrected chi connectivity index (χ1v) is 9.62. The van der Waals surface area contributed by atoms with Crippen molar-refractivity contribution in [1.82, 2.24) is 10.2 Å². The van der Waals surface area contributed by atoms with Gasteiger partial charge in [0.25, 0.3) is 0 Å². The van der Waals surface area contributed by atoms with Crippen LogP contribution in [0.15, 0.2) is 24.3 Å². The standard InChI is InChI=1S/C20H32N4O/c1-15-8-13-24(14-15)19-6-4-18(5-7-19)22-20(25)21-16(2)17-9-11-23(3)12-10-17/h4-7,15-17H,8-14H2,1-3H3,(H2,21,22,25). The van der Waals surface area contributed by atoms with Crippen molar-refractivity contribution in [2.24, 2.45) is 11.8 Å². The predicted molar refractivity (Wildman–Crippen MR) is 104 cm³/mol. The molecule has 2 atom stereocenters. The molecule has 2 N–H and O–H groups in total. The van der Waals surface area contributed by atoms with Gasteiger partial charge in [-0.3, -0.25) is 0 Å². The zero-order chi connectivity index (χ0) is 17.8. The fraction of sp³-hybridized carbons (Fsp3) is 0.650. The van der Waals surface area contributed by atoms with Gasteiger partial charge < -0.3 is 20.4 Å². The second-order valence-corrected chi connectivity index (χ2v) is 7.91. The van der Waals surface area contributed by atoms with Gasteiger partial charge in [-0.25, -0.2) is 4.79 Å². The van der Waals surface area contributed by atoms with Crippen molar-refractivity contribution in [2.75, 3.05) is 43.4 Å². The second-order valence-electron chi connectivity index (χ2n) is 7.91. The topological polar surface area (TPSA) is 47.6 Å². The lowest BCUT2D eigenvalue weighted by Crippen LogP contribution is -2.44. The molecule has 0 aliphatic carbocycles. The van der Waals surface area contributed by atoms with Gasteiger partial charge in [0.2, 0.25) is 0 Å². The molecule has 2 amide bonds. The number of benzene rings is 1. The SMILES string of the molecule is CC1CCN(c2ccc(NC(=O)NC(C)C3CCN(C)CC3)cc2)C1. The van der Waals surface area contributed by atoms with Crippen molar-refractivity contribution < 1.29 is 4.79 Å². The summed E-state index contributed by atoms with van der Waals surface area (Å²) in [6.45, 7) is 8.91. The van der Waals surface area contributed by atoms with Gasteiger partial charge in [0.15, 0.2) is 0 Å². The van der Waals surface area contributed by atoms with Gasteiger partial charge in [-0.15, -0.1) is 0 Å². The maximum absolute atomic E-state index is 12.3. The van der Waals surface area contributed by atoms with Crippen LogP contribution >= 0.6 is 0 Å². The average Bonchev–Trinajstić information content (AvgIpc) is 3.02. The fourth-order valence-electron chi connectivity index (χ4n) is 3.95. The van der Waals surface area contributed by atoms with Crippen LogP contribution in [0.3, 0.4) is 0 Å². The van der Waals surface area contributed by atoms with Crippen LogP contribution in [0.4, 0.5) is 16.2 Å². The molecular formula is C20H32N4O. The van der Waals surface area contributed by atoms with Gasteiger partial charge in [0, 0.05) is 30.5 Å². The lowest BCUT2D eigenvalue weighted by atomic mass is 9.91. The van der Waals surface area contributed by atoms with E-state index >= 15 is 0 Å². The highest BCUT2D eigenvalue weighted by Gasteiger charge is 2.23. The molecule has 5 heteroatoms. The van der Waals surface area contributed by atoms with Crippen molar-refractivity contribution >= 4 is 17.4 Å². The molecule has 25 heavy (non-hydrogen) atoms. The number of piperidine rings is 1. The minimum absolute atomic E-state index is 0.103. The highest BCUT2D eigenvalue weighted by molar-refractivity contribution is 5.89. The number of hydrogen-bond donors (Lipinski definition) is 2. The number of carbonyl (C=O) groups excluding carboxylic acids is 1. The van der Waals surface area contributed by atoms with E-state index in [1.807, 2.05) is 12.1 Å². The predicted octanol–water partition coefficient (Wildman–Crippen LogP) is 3.38. The van der Waals surface area contributed by atoms with Crippen molar-refractivity contribution in [3.63, 3.8) is 0 Å². The van der Waals surface area contributed by atoms with Gasteiger partial charge in [0.1, 0.15) is 0 Å². The summed E-state index contributed by atoms with van der Waals surface area (Å²) in [5.41, 5.74) is 2.10. The zero-order valence-electron chi connectivity index (χ0n) is 15.8. The van der Waals surface area contributed by atoms with Gasteiger partial charge in [-0.2, -0.15) is 0 Å². The van der Waals surface area contributed by atoms with Crippen molar-refractivity contribution in [3.8, 4) is 0 Å². The Labute approximate surface area is 151 Å². The molecule has 1 aromatic carbocycles. The average molecular weight is 345 g/mol. The van der Waals surface area contributed by atoms with Gasteiger partial charge in [-0.1, -0.05) is 6.92 Å². The van der Waals surface area contributed by atoms with E-state index in [1.165, 1.54) is 12.1 Å². The number of hydrogen-bond acceptors (Lipinski definition) is 3. The van der Waals surface area contributed by atoms with Crippen LogP contribution in [0.5, 0.6) is 0 Å². The Morgan fingerprint density at radius 3 is 2.40 bits per heavy atom.